The number of ketones is 6. The fourth-order valence-corrected chi connectivity index (χ4v) is 10.0. The molecule has 31 heteroatoms. The molecule has 9 atom stereocenters. The Morgan fingerprint density at radius 3 is 1.57 bits per heavy atom. The van der Waals surface area contributed by atoms with E-state index in [-0.39, 0.29) is 94.9 Å². The van der Waals surface area contributed by atoms with Crippen molar-refractivity contribution in [2.75, 3.05) is 38.3 Å². The van der Waals surface area contributed by atoms with E-state index in [9.17, 15) is 102 Å². The lowest BCUT2D eigenvalue weighted by Gasteiger charge is -2.27. The molecular weight excluding hydrogens is 1190 g/mol. The molecule has 0 bridgehead atoms. The number of hydrogen-bond donors (Lipinski definition) is 11. The van der Waals surface area contributed by atoms with E-state index in [4.69, 9.17) is 15.6 Å². The lowest BCUT2D eigenvalue weighted by Crippen LogP contribution is -2.52. The summed E-state index contributed by atoms with van der Waals surface area (Å²) in [5, 5.41) is 59.2. The molecule has 6 amide bonds. The van der Waals surface area contributed by atoms with Crippen LogP contribution in [-0.2, 0) is 86.2 Å². The summed E-state index contributed by atoms with van der Waals surface area (Å²) in [4.78, 5) is 217. The maximum Gasteiger partial charge on any atom is 0.303 e. The number of carbonyl (C=O) groups excluding carboxylic acids is 12. The van der Waals surface area contributed by atoms with E-state index >= 15 is 0 Å². The van der Waals surface area contributed by atoms with Gasteiger partial charge in [-0.3, -0.25) is 81.5 Å². The molecule has 0 saturated carbocycles. The lowest BCUT2D eigenvalue weighted by atomic mass is 9.89. The monoisotopic (exact) mass is 1280 g/mol. The Bertz CT molecular complexity index is 2530. The summed E-state index contributed by atoms with van der Waals surface area (Å²) >= 11 is 1.28. The minimum absolute atomic E-state index is 0.0819. The molecule has 0 radical (unpaired) electrons. The number of nitrogens with two attached hydrogens (primary N) is 1. The highest BCUT2D eigenvalue weighted by Crippen LogP contribution is 2.22. The molecule has 1 aliphatic rings. The number of ether oxygens (including phenoxy) is 1. The average Bonchev–Trinajstić information content (AvgIpc) is 2.29. The van der Waals surface area contributed by atoms with Gasteiger partial charge in [-0.1, -0.05) is 27.7 Å². The van der Waals surface area contributed by atoms with E-state index in [1.54, 1.807) is 13.2 Å². The summed E-state index contributed by atoms with van der Waals surface area (Å²) in [6.45, 7) is 6.04. The summed E-state index contributed by atoms with van der Waals surface area (Å²) in [6.07, 6.45) is -5.64. The van der Waals surface area contributed by atoms with E-state index < -0.39 is 225 Å². The summed E-state index contributed by atoms with van der Waals surface area (Å²) in [7, 11) is 0. The van der Waals surface area contributed by atoms with E-state index in [0.717, 1.165) is 0 Å². The summed E-state index contributed by atoms with van der Waals surface area (Å²) in [5.74, 6) is -18.6. The topological polar surface area (TPSA) is 490 Å². The van der Waals surface area contributed by atoms with Gasteiger partial charge in [-0.25, -0.2) is 0 Å². The fraction of sp³-hybridized carbons (Fsp3) is 0.707. The Balaban J connectivity index is 3.08. The van der Waals surface area contributed by atoms with Gasteiger partial charge in [-0.05, 0) is 70.0 Å². The Labute approximate surface area is 519 Å². The second-order valence-corrected chi connectivity index (χ2v) is 23.3. The third-order valence-electron chi connectivity index (χ3n) is 14.5. The van der Waals surface area contributed by atoms with Crippen molar-refractivity contribution in [1.82, 2.24) is 31.5 Å². The number of aliphatic carboxylic acids is 5. The summed E-state index contributed by atoms with van der Waals surface area (Å²) in [5.41, 5.74) is 5.80. The molecule has 0 spiro atoms. The number of hydrogen-bond acceptors (Lipinski definition) is 20. The van der Waals surface area contributed by atoms with Crippen LogP contribution in [0.4, 0.5) is 0 Å². The van der Waals surface area contributed by atoms with Crippen molar-refractivity contribution in [3.63, 3.8) is 0 Å². The summed E-state index contributed by atoms with van der Waals surface area (Å²) in [6, 6.07) is -7.58. The SMILES string of the molecule is CCC(=O)CNC(=O)[C@H](C)CC(=O)[C@H](CSC)NC(=O)CCC(=O)[C@H](CC(C)C)NC(=O)[C@@H]1CCCN1C(=O)COCCCC(=O)[C@@H](CCC(=O)O)NC(=O)[C@@H](CCC(=O)O)CC(=O)[C@@H](CCC(=O)O)NC(=O)[C@@H](CCC(=O)O)CC(=O)[C@H](N)CCC(=O)O. The third kappa shape index (κ3) is 33.0. The maximum absolute atomic E-state index is 13.9. The van der Waals surface area contributed by atoms with Crippen LogP contribution in [0.25, 0.3) is 0 Å². The van der Waals surface area contributed by atoms with Crippen LogP contribution in [0.1, 0.15) is 163 Å². The van der Waals surface area contributed by atoms with Gasteiger partial charge in [0.1, 0.15) is 18.4 Å². The molecule has 0 aromatic carbocycles. The smallest absolute Gasteiger partial charge is 0.303 e. The predicted molar refractivity (Wildman–Crippen MR) is 315 cm³/mol. The van der Waals surface area contributed by atoms with Gasteiger partial charge in [0, 0.05) is 114 Å². The fourth-order valence-electron chi connectivity index (χ4n) is 9.40. The van der Waals surface area contributed by atoms with Crippen LogP contribution in [0.3, 0.4) is 0 Å². The van der Waals surface area contributed by atoms with Crippen LogP contribution < -0.4 is 32.3 Å². The minimum atomic E-state index is -1.70. The second kappa shape index (κ2) is 42.4. The molecule has 0 aliphatic carbocycles. The zero-order chi connectivity index (χ0) is 67.5. The van der Waals surface area contributed by atoms with Gasteiger partial charge in [0.25, 0.3) is 0 Å². The zero-order valence-electron chi connectivity index (χ0n) is 51.2. The molecule has 89 heavy (non-hydrogen) atoms. The van der Waals surface area contributed by atoms with Crippen molar-refractivity contribution < 1.29 is 112 Å². The van der Waals surface area contributed by atoms with Crippen LogP contribution in [0.15, 0.2) is 0 Å². The Kier molecular flexibility index (Phi) is 37.9. The second-order valence-electron chi connectivity index (χ2n) is 22.4. The highest BCUT2D eigenvalue weighted by Gasteiger charge is 2.37. The van der Waals surface area contributed by atoms with Gasteiger partial charge >= 0.3 is 29.8 Å². The van der Waals surface area contributed by atoms with Gasteiger partial charge in [0.15, 0.2) is 28.9 Å². The number of Topliss-reactive ketones (excluding diaryl/α,β-unsaturated/α-hetero) is 6. The summed E-state index contributed by atoms with van der Waals surface area (Å²) < 4.78 is 5.56. The van der Waals surface area contributed by atoms with Gasteiger partial charge in [0.2, 0.25) is 35.4 Å². The number of carboxylic acid groups (broad SMARTS) is 5. The largest absolute Gasteiger partial charge is 0.481 e. The first-order valence-electron chi connectivity index (χ1n) is 29.6. The molecule has 30 nitrogen and oxygen atoms in total. The predicted octanol–water partition coefficient (Wildman–Crippen LogP) is 0.534. The number of likely N-dealkylation sites (tertiary alicyclic amines) is 1. The van der Waals surface area contributed by atoms with Crippen molar-refractivity contribution in [3.8, 4) is 0 Å². The highest BCUT2D eigenvalue weighted by molar-refractivity contribution is 7.98. The number of nitrogens with one attached hydrogen (secondary N) is 5. The number of nitrogens with zero attached hydrogens (tertiary/aromatic N) is 1. The number of rotatable bonds is 50. The van der Waals surface area contributed by atoms with Crippen molar-refractivity contribution in [2.24, 2.45) is 29.4 Å². The molecule has 1 aliphatic heterocycles. The van der Waals surface area contributed by atoms with Crippen molar-refractivity contribution in [1.29, 1.82) is 0 Å². The van der Waals surface area contributed by atoms with Crippen molar-refractivity contribution in [2.45, 2.75) is 199 Å². The molecular formula is C58H89N7O23S. The van der Waals surface area contributed by atoms with Crippen LogP contribution in [0, 0.1) is 23.7 Å². The Morgan fingerprint density at radius 2 is 1.06 bits per heavy atom. The van der Waals surface area contributed by atoms with E-state index in [2.05, 4.69) is 26.6 Å². The van der Waals surface area contributed by atoms with Gasteiger partial charge < -0.3 is 67.5 Å². The lowest BCUT2D eigenvalue weighted by molar-refractivity contribution is -0.142. The molecule has 0 unspecified atom stereocenters. The van der Waals surface area contributed by atoms with E-state index in [1.165, 1.54) is 23.6 Å². The number of thioether (sulfide) groups is 1. The average molecular weight is 1280 g/mol. The van der Waals surface area contributed by atoms with Gasteiger partial charge in [0.05, 0.1) is 36.8 Å². The Hall–Kier alpha value is -7.54. The quantitative estimate of drug-likeness (QED) is 0.0370. The van der Waals surface area contributed by atoms with E-state index in [1.807, 2.05) is 13.8 Å². The molecule has 500 valence electrons. The molecule has 1 rings (SSSR count). The first kappa shape index (κ1) is 79.5. The van der Waals surface area contributed by atoms with Crippen LogP contribution in [0.2, 0.25) is 0 Å². The van der Waals surface area contributed by atoms with Gasteiger partial charge in [-0.15, -0.1) is 0 Å². The zero-order valence-corrected chi connectivity index (χ0v) is 52.0. The van der Waals surface area contributed by atoms with E-state index in [0.29, 0.717) is 6.42 Å². The van der Waals surface area contributed by atoms with Gasteiger partial charge in [-0.2, -0.15) is 11.8 Å². The maximum atomic E-state index is 13.9. The van der Waals surface area contributed by atoms with Crippen LogP contribution in [-0.4, -0.2) is 205 Å². The minimum Gasteiger partial charge on any atom is -0.481 e. The Morgan fingerprint density at radius 1 is 0.562 bits per heavy atom. The normalized spacial score (nSPS) is 15.5. The molecule has 1 heterocycles. The number of amides is 6. The van der Waals surface area contributed by atoms with Crippen molar-refractivity contribution in [3.05, 3.63) is 0 Å². The van der Waals surface area contributed by atoms with Crippen LogP contribution >= 0.6 is 11.8 Å². The third-order valence-corrected chi connectivity index (χ3v) is 15.2. The molecule has 0 aromatic heterocycles. The molecule has 1 saturated heterocycles. The standard InChI is InChI=1S/C58H89N7O23S/c1-6-36(66)29-60-55(84)33(4)26-46(70)41(31-89-5)61-48(72)17-16-44(68)40(25-32(2)3)64-58(87)42-9-7-23-65(42)49(73)30-88-24-8-10-43(67)38(14-21-53(80)81)62-57(86)35(12-19-51(76)77)28-47(71)39(15-22-54(82)83)63-56(85)34(11-18-50(74)75)27-45(69)37(59)13-20-52(78)79/h32-35,37-42H,6-31,59H2,1-5H3,(H,60,84)(H,61,72)(H,62,86)(H,63,85)(H,64,87)(H,74,75)(H,76,77)(H,78,79)(H,80,81)(H,82,83)/t33-,34+,35+,37-,38-,39-,40+,41+,42+/m1/s1. The van der Waals surface area contributed by atoms with Crippen LogP contribution in [0.5, 0.6) is 0 Å². The van der Waals surface area contributed by atoms with Crippen molar-refractivity contribution >= 4 is 112 Å². The molecule has 12 N–H and O–H groups in total. The first-order chi connectivity index (χ1) is 41.8. The molecule has 0 aromatic rings. The number of carbonyl (C=O) groups is 17. The number of carboxylic acids is 5. The molecule has 1 fully saturated rings. The first-order valence-corrected chi connectivity index (χ1v) is 31.0. The highest BCUT2D eigenvalue weighted by atomic mass is 32.2.